The van der Waals surface area contributed by atoms with Gasteiger partial charge in [-0.1, -0.05) is 11.6 Å². The Morgan fingerprint density at radius 2 is 2.23 bits per heavy atom. The van der Waals surface area contributed by atoms with Crippen molar-refractivity contribution < 1.29 is 4.79 Å². The highest BCUT2D eigenvalue weighted by atomic mass is 35.5. The van der Waals surface area contributed by atoms with Crippen LogP contribution in [0.4, 0.5) is 0 Å². The van der Waals surface area contributed by atoms with E-state index in [1.165, 1.54) is 0 Å². The van der Waals surface area contributed by atoms with Gasteiger partial charge in [-0.3, -0.25) is 9.48 Å². The van der Waals surface area contributed by atoms with Gasteiger partial charge in [0.15, 0.2) is 0 Å². The lowest BCUT2D eigenvalue weighted by Gasteiger charge is -2.32. The van der Waals surface area contributed by atoms with Gasteiger partial charge >= 0.3 is 0 Å². The van der Waals surface area contributed by atoms with Gasteiger partial charge in [-0.05, 0) is 24.6 Å². The highest BCUT2D eigenvalue weighted by Crippen LogP contribution is 2.25. The van der Waals surface area contributed by atoms with Crippen LogP contribution in [0.25, 0.3) is 11.0 Å². The average molecular weight is 373 g/mol. The molecule has 0 aliphatic carbocycles. The van der Waals surface area contributed by atoms with Crippen LogP contribution in [0.3, 0.4) is 0 Å². The number of carbonyl (C=O) groups excluding carboxylic acids is 1. The molecule has 2 N–H and O–H groups in total. The summed E-state index contributed by atoms with van der Waals surface area (Å²) in [6, 6.07) is 5.74. The molecule has 1 aliphatic rings. The maximum atomic E-state index is 11.9. The molecule has 1 fully saturated rings. The minimum absolute atomic E-state index is 0.0780. The van der Waals surface area contributed by atoms with Crippen molar-refractivity contribution in [2.75, 3.05) is 0 Å². The number of fused-ring (bicyclic) bond motifs is 1. The molecule has 0 unspecified atom stereocenters. The Morgan fingerprint density at radius 3 is 3.00 bits per heavy atom. The second-order valence-corrected chi connectivity index (χ2v) is 7.18. The average Bonchev–Trinajstić information content (AvgIpc) is 3.18. The molecule has 3 heterocycles. The van der Waals surface area contributed by atoms with Crippen molar-refractivity contribution in [1.29, 1.82) is 0 Å². The number of benzene rings is 1. The Morgan fingerprint density at radius 1 is 1.38 bits per heavy atom. The van der Waals surface area contributed by atoms with Gasteiger partial charge in [-0.2, -0.15) is 5.10 Å². The standard InChI is InChI=1S/C18H21ClN6O/c1-24-10-11(8-21-24)18-14(5-6-17(26)23-18)20-9-16-22-13-4-3-12(19)7-15(13)25(16)2/h3-4,7-8,10,14,18,20H,5-6,9H2,1-2H3,(H,23,26)/t14-,18+/m1/s1. The number of carbonyl (C=O) groups is 1. The third-order valence-electron chi connectivity index (χ3n) is 4.94. The van der Waals surface area contributed by atoms with Crippen LogP contribution >= 0.6 is 11.6 Å². The fraction of sp³-hybridized carbons (Fsp3) is 0.389. The van der Waals surface area contributed by atoms with Crippen LogP contribution in [0.2, 0.25) is 5.02 Å². The predicted molar refractivity (Wildman–Crippen MR) is 99.7 cm³/mol. The number of piperidine rings is 1. The van der Waals surface area contributed by atoms with Crippen LogP contribution < -0.4 is 10.6 Å². The lowest BCUT2D eigenvalue weighted by Crippen LogP contribution is -2.48. The van der Waals surface area contributed by atoms with Crippen LogP contribution in [0.5, 0.6) is 0 Å². The van der Waals surface area contributed by atoms with Gasteiger partial charge in [0.1, 0.15) is 5.82 Å². The molecule has 1 saturated heterocycles. The van der Waals surface area contributed by atoms with Gasteiger partial charge in [0, 0.05) is 43.3 Å². The predicted octanol–water partition coefficient (Wildman–Crippen LogP) is 2.07. The molecular weight excluding hydrogens is 352 g/mol. The number of halogens is 1. The first-order valence-electron chi connectivity index (χ1n) is 8.63. The molecule has 4 rings (SSSR count). The number of hydrogen-bond donors (Lipinski definition) is 2. The summed E-state index contributed by atoms with van der Waals surface area (Å²) >= 11 is 6.10. The molecule has 7 nitrogen and oxygen atoms in total. The minimum Gasteiger partial charge on any atom is -0.348 e. The Balaban J connectivity index is 1.54. The molecule has 2 atom stereocenters. The first kappa shape index (κ1) is 17.1. The molecule has 0 saturated carbocycles. The molecule has 1 aromatic carbocycles. The topological polar surface area (TPSA) is 76.8 Å². The molecule has 8 heteroatoms. The summed E-state index contributed by atoms with van der Waals surface area (Å²) in [6.07, 6.45) is 5.05. The lowest BCUT2D eigenvalue weighted by molar-refractivity contribution is -0.123. The van der Waals surface area contributed by atoms with Gasteiger partial charge in [0.2, 0.25) is 5.91 Å². The SMILES string of the molecule is Cn1cc([C@@H]2NC(=O)CC[C@H]2NCc2nc3ccc(Cl)cc3n2C)cn1. The van der Waals surface area contributed by atoms with E-state index in [1.807, 2.05) is 44.7 Å². The summed E-state index contributed by atoms with van der Waals surface area (Å²) in [5, 5.41) is 11.6. The number of aromatic nitrogens is 4. The normalized spacial score (nSPS) is 20.5. The Labute approximate surface area is 156 Å². The molecule has 0 radical (unpaired) electrons. The summed E-state index contributed by atoms with van der Waals surface area (Å²) in [5.41, 5.74) is 2.94. The molecule has 2 aromatic heterocycles. The van der Waals surface area contributed by atoms with Crippen molar-refractivity contribution in [3.05, 3.63) is 47.0 Å². The van der Waals surface area contributed by atoms with Gasteiger partial charge in [-0.25, -0.2) is 4.98 Å². The van der Waals surface area contributed by atoms with Crippen molar-refractivity contribution in [3.63, 3.8) is 0 Å². The third-order valence-corrected chi connectivity index (χ3v) is 5.18. The minimum atomic E-state index is -0.0888. The fourth-order valence-corrected chi connectivity index (χ4v) is 3.70. The van der Waals surface area contributed by atoms with Crippen LogP contribution in [0.15, 0.2) is 30.6 Å². The quantitative estimate of drug-likeness (QED) is 0.735. The van der Waals surface area contributed by atoms with E-state index in [0.29, 0.717) is 18.0 Å². The van der Waals surface area contributed by atoms with E-state index in [1.54, 1.807) is 4.68 Å². The van der Waals surface area contributed by atoms with Gasteiger partial charge in [-0.15, -0.1) is 0 Å². The molecule has 0 bridgehead atoms. The summed E-state index contributed by atoms with van der Waals surface area (Å²) in [5.74, 6) is 1.01. The fourth-order valence-electron chi connectivity index (χ4n) is 3.53. The highest BCUT2D eigenvalue weighted by Gasteiger charge is 2.30. The third kappa shape index (κ3) is 3.20. The summed E-state index contributed by atoms with van der Waals surface area (Å²) in [7, 11) is 3.87. The number of hydrogen-bond acceptors (Lipinski definition) is 4. The molecule has 136 valence electrons. The van der Waals surface area contributed by atoms with Crippen LogP contribution in [-0.4, -0.2) is 31.3 Å². The van der Waals surface area contributed by atoms with Crippen LogP contribution in [0.1, 0.15) is 30.3 Å². The van der Waals surface area contributed by atoms with E-state index in [4.69, 9.17) is 16.6 Å². The van der Waals surface area contributed by atoms with Crippen LogP contribution in [0, 0.1) is 0 Å². The second kappa shape index (κ2) is 6.74. The molecule has 1 aliphatic heterocycles. The summed E-state index contributed by atoms with van der Waals surface area (Å²) in [6.45, 7) is 0.611. The van der Waals surface area contributed by atoms with Crippen molar-refractivity contribution in [1.82, 2.24) is 30.0 Å². The van der Waals surface area contributed by atoms with Gasteiger partial charge in [0.05, 0.1) is 29.8 Å². The van der Waals surface area contributed by atoms with E-state index in [2.05, 4.69) is 20.3 Å². The number of nitrogens with one attached hydrogen (secondary N) is 2. The zero-order chi connectivity index (χ0) is 18.3. The van der Waals surface area contributed by atoms with E-state index in [9.17, 15) is 4.79 Å². The van der Waals surface area contributed by atoms with Crippen molar-refractivity contribution in [2.24, 2.45) is 14.1 Å². The molecule has 1 amide bonds. The maximum absolute atomic E-state index is 11.9. The second-order valence-electron chi connectivity index (χ2n) is 6.74. The first-order valence-corrected chi connectivity index (χ1v) is 9.01. The zero-order valence-electron chi connectivity index (χ0n) is 14.7. The van der Waals surface area contributed by atoms with E-state index >= 15 is 0 Å². The molecular formula is C18H21ClN6O. The molecule has 3 aromatic rings. The Bertz CT molecular complexity index is 962. The van der Waals surface area contributed by atoms with Crippen molar-refractivity contribution in [2.45, 2.75) is 31.5 Å². The van der Waals surface area contributed by atoms with E-state index in [0.717, 1.165) is 28.8 Å². The number of aryl methyl sites for hydroxylation is 2. The zero-order valence-corrected chi connectivity index (χ0v) is 15.5. The molecule has 26 heavy (non-hydrogen) atoms. The largest absolute Gasteiger partial charge is 0.348 e. The van der Waals surface area contributed by atoms with Crippen molar-refractivity contribution >= 4 is 28.5 Å². The number of rotatable bonds is 4. The molecule has 0 spiro atoms. The van der Waals surface area contributed by atoms with Gasteiger partial charge < -0.3 is 15.2 Å². The van der Waals surface area contributed by atoms with Crippen LogP contribution in [-0.2, 0) is 25.4 Å². The van der Waals surface area contributed by atoms with Crippen molar-refractivity contribution in [3.8, 4) is 0 Å². The number of amides is 1. The maximum Gasteiger partial charge on any atom is 0.220 e. The lowest BCUT2D eigenvalue weighted by atomic mass is 9.94. The monoisotopic (exact) mass is 372 g/mol. The number of nitrogens with zero attached hydrogens (tertiary/aromatic N) is 4. The summed E-state index contributed by atoms with van der Waals surface area (Å²) < 4.78 is 3.80. The van der Waals surface area contributed by atoms with E-state index in [-0.39, 0.29) is 18.0 Å². The summed E-state index contributed by atoms with van der Waals surface area (Å²) in [4.78, 5) is 16.6. The van der Waals surface area contributed by atoms with Gasteiger partial charge in [0.25, 0.3) is 0 Å². The smallest absolute Gasteiger partial charge is 0.220 e. The Hall–Kier alpha value is -2.38. The first-order chi connectivity index (χ1) is 12.5. The number of imidazole rings is 1. The van der Waals surface area contributed by atoms with E-state index < -0.39 is 0 Å². The Kier molecular flexibility index (Phi) is 4.42. The highest BCUT2D eigenvalue weighted by molar-refractivity contribution is 6.31.